The van der Waals surface area contributed by atoms with E-state index in [-0.39, 0.29) is 5.25 Å². The van der Waals surface area contributed by atoms with E-state index in [0.29, 0.717) is 6.54 Å². The normalized spacial score (nSPS) is 12.6. The van der Waals surface area contributed by atoms with Crippen LogP contribution in [0.3, 0.4) is 0 Å². The molecule has 2 nitrogen and oxygen atoms in total. The van der Waals surface area contributed by atoms with E-state index < -0.39 is 0 Å². The van der Waals surface area contributed by atoms with Crippen LogP contribution in [0.5, 0.6) is 0 Å². The molecular weight excluding hydrogens is 254 g/mol. The van der Waals surface area contributed by atoms with Crippen molar-refractivity contribution in [2.24, 2.45) is 5.73 Å². The van der Waals surface area contributed by atoms with Gasteiger partial charge in [-0.1, -0.05) is 29.8 Å². The Morgan fingerprint density at radius 1 is 1.24 bits per heavy atom. The lowest BCUT2D eigenvalue weighted by Crippen LogP contribution is -2.10. The SMILES string of the molecule is NCC(SCc1ccco1)c1ccccc1Cl. The van der Waals surface area contributed by atoms with E-state index in [1.54, 1.807) is 18.0 Å². The fourth-order valence-corrected chi connectivity index (χ4v) is 2.98. The summed E-state index contributed by atoms with van der Waals surface area (Å²) < 4.78 is 5.30. The molecule has 1 heterocycles. The maximum Gasteiger partial charge on any atom is 0.113 e. The van der Waals surface area contributed by atoms with Gasteiger partial charge in [0.25, 0.3) is 0 Å². The van der Waals surface area contributed by atoms with Crippen LogP contribution in [0.2, 0.25) is 5.02 Å². The average molecular weight is 268 g/mol. The molecule has 0 spiro atoms. The van der Waals surface area contributed by atoms with Crippen LogP contribution in [0.15, 0.2) is 47.1 Å². The van der Waals surface area contributed by atoms with Crippen molar-refractivity contribution in [3.05, 3.63) is 59.0 Å². The minimum Gasteiger partial charge on any atom is -0.468 e. The summed E-state index contributed by atoms with van der Waals surface area (Å²) in [4.78, 5) is 0. The molecule has 4 heteroatoms. The van der Waals surface area contributed by atoms with Gasteiger partial charge in [-0.25, -0.2) is 0 Å². The van der Waals surface area contributed by atoms with Gasteiger partial charge in [0.05, 0.1) is 12.0 Å². The minimum atomic E-state index is 0.203. The van der Waals surface area contributed by atoms with Gasteiger partial charge in [-0.05, 0) is 23.8 Å². The van der Waals surface area contributed by atoms with E-state index in [4.69, 9.17) is 21.8 Å². The Balaban J connectivity index is 2.04. The van der Waals surface area contributed by atoms with Gasteiger partial charge in [0, 0.05) is 16.8 Å². The molecule has 0 radical (unpaired) electrons. The Kier molecular flexibility index (Phi) is 4.54. The predicted molar refractivity (Wildman–Crippen MR) is 73.3 cm³/mol. The highest BCUT2D eigenvalue weighted by Crippen LogP contribution is 2.34. The van der Waals surface area contributed by atoms with Crippen LogP contribution in [0, 0.1) is 0 Å². The number of furan rings is 1. The molecule has 2 aromatic rings. The lowest BCUT2D eigenvalue weighted by atomic mass is 10.1. The number of hydrogen-bond acceptors (Lipinski definition) is 3. The summed E-state index contributed by atoms with van der Waals surface area (Å²) in [5.74, 6) is 1.76. The van der Waals surface area contributed by atoms with Crippen molar-refractivity contribution >= 4 is 23.4 Å². The summed E-state index contributed by atoms with van der Waals surface area (Å²) in [6.07, 6.45) is 1.68. The van der Waals surface area contributed by atoms with Gasteiger partial charge in [0.15, 0.2) is 0 Å². The van der Waals surface area contributed by atoms with Crippen LogP contribution in [0.25, 0.3) is 0 Å². The van der Waals surface area contributed by atoms with E-state index >= 15 is 0 Å². The zero-order valence-corrected chi connectivity index (χ0v) is 10.9. The smallest absolute Gasteiger partial charge is 0.113 e. The fourth-order valence-electron chi connectivity index (χ4n) is 1.60. The highest BCUT2D eigenvalue weighted by atomic mass is 35.5. The van der Waals surface area contributed by atoms with Crippen molar-refractivity contribution in [2.75, 3.05) is 6.54 Å². The molecule has 1 atom stereocenters. The molecule has 0 aliphatic rings. The zero-order valence-electron chi connectivity index (χ0n) is 9.30. The fraction of sp³-hybridized carbons (Fsp3) is 0.231. The summed E-state index contributed by atoms with van der Waals surface area (Å²) in [6.45, 7) is 0.565. The van der Waals surface area contributed by atoms with Gasteiger partial charge < -0.3 is 10.2 Å². The van der Waals surface area contributed by atoms with Gasteiger partial charge >= 0.3 is 0 Å². The Morgan fingerprint density at radius 3 is 2.71 bits per heavy atom. The maximum absolute atomic E-state index is 6.17. The van der Waals surface area contributed by atoms with E-state index in [1.807, 2.05) is 36.4 Å². The minimum absolute atomic E-state index is 0.203. The highest BCUT2D eigenvalue weighted by molar-refractivity contribution is 7.98. The van der Waals surface area contributed by atoms with Crippen LogP contribution in [0.4, 0.5) is 0 Å². The molecule has 17 heavy (non-hydrogen) atoms. The first-order valence-corrected chi connectivity index (χ1v) is 6.82. The number of benzene rings is 1. The molecule has 0 amide bonds. The molecular formula is C13H14ClNOS. The highest BCUT2D eigenvalue weighted by Gasteiger charge is 2.13. The van der Waals surface area contributed by atoms with Crippen LogP contribution < -0.4 is 5.73 Å². The van der Waals surface area contributed by atoms with Crippen molar-refractivity contribution in [1.29, 1.82) is 0 Å². The van der Waals surface area contributed by atoms with E-state index in [2.05, 4.69) is 0 Å². The predicted octanol–water partition coefficient (Wildman–Crippen LogP) is 3.87. The van der Waals surface area contributed by atoms with Gasteiger partial charge in [-0.3, -0.25) is 0 Å². The second-order valence-corrected chi connectivity index (χ2v) is 5.23. The van der Waals surface area contributed by atoms with E-state index in [1.165, 1.54) is 0 Å². The van der Waals surface area contributed by atoms with Crippen molar-refractivity contribution in [3.63, 3.8) is 0 Å². The third-order valence-electron chi connectivity index (χ3n) is 2.47. The first-order valence-electron chi connectivity index (χ1n) is 5.39. The van der Waals surface area contributed by atoms with Gasteiger partial charge in [-0.2, -0.15) is 0 Å². The molecule has 1 aromatic heterocycles. The van der Waals surface area contributed by atoms with Crippen LogP contribution in [-0.2, 0) is 5.75 Å². The second kappa shape index (κ2) is 6.15. The van der Waals surface area contributed by atoms with Gasteiger partial charge in [-0.15, -0.1) is 11.8 Å². The van der Waals surface area contributed by atoms with Crippen LogP contribution >= 0.6 is 23.4 Å². The molecule has 0 saturated heterocycles. The summed E-state index contributed by atoms with van der Waals surface area (Å²) in [6, 6.07) is 11.7. The number of halogens is 1. The third-order valence-corrected chi connectivity index (χ3v) is 4.12. The van der Waals surface area contributed by atoms with Crippen LogP contribution in [-0.4, -0.2) is 6.54 Å². The Morgan fingerprint density at radius 2 is 2.06 bits per heavy atom. The van der Waals surface area contributed by atoms with E-state index in [9.17, 15) is 0 Å². The molecule has 0 aliphatic heterocycles. The molecule has 1 aromatic carbocycles. The molecule has 0 aliphatic carbocycles. The number of rotatable bonds is 5. The molecule has 0 fully saturated rings. The lowest BCUT2D eigenvalue weighted by Gasteiger charge is -2.15. The Hall–Kier alpha value is -0.900. The average Bonchev–Trinajstić information content (AvgIpc) is 2.85. The summed E-state index contributed by atoms with van der Waals surface area (Å²) in [5, 5.41) is 0.976. The summed E-state index contributed by atoms with van der Waals surface area (Å²) in [7, 11) is 0. The van der Waals surface area contributed by atoms with Crippen LogP contribution in [0.1, 0.15) is 16.6 Å². The molecule has 0 bridgehead atoms. The van der Waals surface area contributed by atoms with Gasteiger partial charge in [0.2, 0.25) is 0 Å². The Bertz CT molecular complexity index is 458. The second-order valence-electron chi connectivity index (χ2n) is 3.64. The Labute approximate surface area is 110 Å². The largest absolute Gasteiger partial charge is 0.468 e. The topological polar surface area (TPSA) is 39.2 Å². The standard InChI is InChI=1S/C13H14ClNOS/c14-12-6-2-1-5-11(12)13(8-15)17-9-10-4-3-7-16-10/h1-7,13H,8-9,15H2. The molecule has 2 rings (SSSR count). The monoisotopic (exact) mass is 267 g/mol. The molecule has 90 valence electrons. The quantitative estimate of drug-likeness (QED) is 0.894. The van der Waals surface area contributed by atoms with E-state index in [0.717, 1.165) is 22.1 Å². The van der Waals surface area contributed by atoms with Crippen molar-refractivity contribution in [2.45, 2.75) is 11.0 Å². The molecule has 1 unspecified atom stereocenters. The molecule has 0 saturated carbocycles. The van der Waals surface area contributed by atoms with Crippen molar-refractivity contribution in [3.8, 4) is 0 Å². The number of hydrogen-bond donors (Lipinski definition) is 1. The summed E-state index contributed by atoms with van der Waals surface area (Å²) >= 11 is 7.91. The summed E-state index contributed by atoms with van der Waals surface area (Å²) in [5.41, 5.74) is 6.89. The first kappa shape index (κ1) is 12.6. The van der Waals surface area contributed by atoms with Crippen molar-refractivity contribution < 1.29 is 4.42 Å². The first-order chi connectivity index (χ1) is 8.31. The number of nitrogens with two attached hydrogens (primary N) is 1. The van der Waals surface area contributed by atoms with Gasteiger partial charge in [0.1, 0.15) is 5.76 Å². The van der Waals surface area contributed by atoms with Crippen molar-refractivity contribution in [1.82, 2.24) is 0 Å². The lowest BCUT2D eigenvalue weighted by molar-refractivity contribution is 0.530. The molecule has 2 N–H and O–H groups in total. The zero-order chi connectivity index (χ0) is 12.1. The third kappa shape index (κ3) is 3.28. The number of thioether (sulfide) groups is 1. The maximum atomic E-state index is 6.17.